The average molecular weight is 303 g/mol. The molecular weight excluding hydrogens is 280 g/mol. The Labute approximate surface area is 132 Å². The zero-order chi connectivity index (χ0) is 15.6. The Hall–Kier alpha value is -1.51. The summed E-state index contributed by atoms with van der Waals surface area (Å²) in [5.74, 6) is 0. The van der Waals surface area contributed by atoms with E-state index in [0.717, 1.165) is 16.3 Å². The molecule has 0 bridgehead atoms. The van der Waals surface area contributed by atoms with E-state index in [0.29, 0.717) is 6.54 Å². The number of nitrogens with one attached hydrogen (secondary N) is 1. The van der Waals surface area contributed by atoms with Gasteiger partial charge in [-0.3, -0.25) is 0 Å². The van der Waals surface area contributed by atoms with Gasteiger partial charge in [0.05, 0.1) is 6.04 Å². The van der Waals surface area contributed by atoms with E-state index in [-0.39, 0.29) is 6.04 Å². The minimum Gasteiger partial charge on any atom is -0.377 e. The Kier molecular flexibility index (Phi) is 4.92. The van der Waals surface area contributed by atoms with E-state index in [1.54, 1.807) is 0 Å². The van der Waals surface area contributed by atoms with Crippen molar-refractivity contribution in [2.45, 2.75) is 33.7 Å². The second-order valence-electron chi connectivity index (χ2n) is 5.69. The summed E-state index contributed by atoms with van der Waals surface area (Å²) in [7, 11) is 0. The highest BCUT2D eigenvalue weighted by Crippen LogP contribution is 2.27. The Morgan fingerprint density at radius 3 is 2.24 bits per heavy atom. The van der Waals surface area contributed by atoms with E-state index in [1.807, 2.05) is 25.1 Å². The standard InChI is InChI=1S/C18H23ClN2/c1-11-5-6-15(9-17(11)19)21-18(10-20)16-8-13(3)12(2)7-14(16)4/h5-9,18,21H,10,20H2,1-4H3. The minimum absolute atomic E-state index is 0.0862. The third kappa shape index (κ3) is 3.58. The lowest BCUT2D eigenvalue weighted by atomic mass is 9.95. The van der Waals surface area contributed by atoms with Crippen LogP contribution >= 0.6 is 11.6 Å². The van der Waals surface area contributed by atoms with Crippen molar-refractivity contribution in [1.82, 2.24) is 0 Å². The number of nitrogens with two attached hydrogens (primary N) is 1. The van der Waals surface area contributed by atoms with Gasteiger partial charge >= 0.3 is 0 Å². The van der Waals surface area contributed by atoms with Crippen molar-refractivity contribution in [3.05, 3.63) is 63.2 Å². The van der Waals surface area contributed by atoms with E-state index in [4.69, 9.17) is 17.3 Å². The van der Waals surface area contributed by atoms with Crippen LogP contribution in [-0.2, 0) is 0 Å². The molecule has 21 heavy (non-hydrogen) atoms. The molecule has 3 N–H and O–H groups in total. The summed E-state index contributed by atoms with van der Waals surface area (Å²) >= 11 is 6.19. The largest absolute Gasteiger partial charge is 0.377 e. The molecule has 0 heterocycles. The number of anilines is 1. The highest BCUT2D eigenvalue weighted by Gasteiger charge is 2.13. The molecule has 0 spiro atoms. The average Bonchev–Trinajstić information content (AvgIpc) is 2.44. The van der Waals surface area contributed by atoms with Gasteiger partial charge in [0.1, 0.15) is 0 Å². The predicted octanol–water partition coefficient (Wildman–Crippen LogP) is 4.69. The van der Waals surface area contributed by atoms with Crippen molar-refractivity contribution in [2.24, 2.45) is 5.73 Å². The van der Waals surface area contributed by atoms with Crippen molar-refractivity contribution in [2.75, 3.05) is 11.9 Å². The number of benzene rings is 2. The third-order valence-electron chi connectivity index (χ3n) is 4.01. The maximum Gasteiger partial charge on any atom is 0.0638 e. The molecule has 0 aliphatic carbocycles. The molecule has 0 aliphatic rings. The number of aryl methyl sites for hydroxylation is 4. The van der Waals surface area contributed by atoms with E-state index < -0.39 is 0 Å². The second kappa shape index (κ2) is 6.50. The zero-order valence-electron chi connectivity index (χ0n) is 13.1. The van der Waals surface area contributed by atoms with Crippen LogP contribution in [0, 0.1) is 27.7 Å². The highest BCUT2D eigenvalue weighted by molar-refractivity contribution is 6.31. The molecule has 2 rings (SSSR count). The van der Waals surface area contributed by atoms with Gasteiger partial charge in [0.15, 0.2) is 0 Å². The molecule has 1 atom stereocenters. The number of rotatable bonds is 4. The molecule has 2 nitrogen and oxygen atoms in total. The van der Waals surface area contributed by atoms with Gasteiger partial charge in [-0.05, 0) is 67.6 Å². The van der Waals surface area contributed by atoms with Crippen LogP contribution in [0.1, 0.15) is 33.9 Å². The predicted molar refractivity (Wildman–Crippen MR) is 92.3 cm³/mol. The summed E-state index contributed by atoms with van der Waals surface area (Å²) in [6.45, 7) is 8.94. The van der Waals surface area contributed by atoms with Gasteiger partial charge in [-0.2, -0.15) is 0 Å². The number of halogens is 1. The SMILES string of the molecule is Cc1cc(C)c(C(CN)Nc2ccc(C)c(Cl)c2)cc1C. The minimum atomic E-state index is 0.0862. The fourth-order valence-corrected chi connectivity index (χ4v) is 2.69. The Bertz CT molecular complexity index is 650. The van der Waals surface area contributed by atoms with Crippen molar-refractivity contribution < 1.29 is 0 Å². The summed E-state index contributed by atoms with van der Waals surface area (Å²) in [6.07, 6.45) is 0. The smallest absolute Gasteiger partial charge is 0.0638 e. The lowest BCUT2D eigenvalue weighted by Gasteiger charge is -2.22. The fourth-order valence-electron chi connectivity index (χ4n) is 2.51. The van der Waals surface area contributed by atoms with E-state index in [9.17, 15) is 0 Å². The van der Waals surface area contributed by atoms with Gasteiger partial charge in [0, 0.05) is 17.3 Å². The molecule has 0 aliphatic heterocycles. The van der Waals surface area contributed by atoms with Gasteiger partial charge in [-0.15, -0.1) is 0 Å². The molecule has 0 fully saturated rings. The van der Waals surface area contributed by atoms with Crippen LogP contribution in [-0.4, -0.2) is 6.54 Å². The molecule has 0 radical (unpaired) electrons. The van der Waals surface area contributed by atoms with Crippen LogP contribution in [0.3, 0.4) is 0 Å². The molecule has 3 heteroatoms. The Morgan fingerprint density at radius 1 is 0.952 bits per heavy atom. The second-order valence-corrected chi connectivity index (χ2v) is 6.10. The van der Waals surface area contributed by atoms with Crippen LogP contribution in [0.2, 0.25) is 5.02 Å². The fraction of sp³-hybridized carbons (Fsp3) is 0.333. The van der Waals surface area contributed by atoms with Crippen LogP contribution in [0.5, 0.6) is 0 Å². The molecule has 1 unspecified atom stereocenters. The molecule has 2 aromatic carbocycles. The van der Waals surface area contributed by atoms with Gasteiger partial charge < -0.3 is 11.1 Å². The van der Waals surface area contributed by atoms with Gasteiger partial charge in [0.2, 0.25) is 0 Å². The van der Waals surface area contributed by atoms with E-state index >= 15 is 0 Å². The zero-order valence-corrected chi connectivity index (χ0v) is 13.9. The van der Waals surface area contributed by atoms with Crippen LogP contribution < -0.4 is 11.1 Å². The molecule has 0 aromatic heterocycles. The van der Waals surface area contributed by atoms with Crippen LogP contribution in [0.15, 0.2) is 30.3 Å². The topological polar surface area (TPSA) is 38.0 Å². The lowest BCUT2D eigenvalue weighted by molar-refractivity contribution is 0.782. The first-order valence-electron chi connectivity index (χ1n) is 7.23. The molecule has 2 aromatic rings. The van der Waals surface area contributed by atoms with Crippen molar-refractivity contribution in [3.8, 4) is 0 Å². The summed E-state index contributed by atoms with van der Waals surface area (Å²) in [5, 5.41) is 4.26. The first-order valence-corrected chi connectivity index (χ1v) is 7.60. The van der Waals surface area contributed by atoms with Gasteiger partial charge in [-0.1, -0.05) is 29.8 Å². The van der Waals surface area contributed by atoms with E-state index in [2.05, 4.69) is 38.2 Å². The monoisotopic (exact) mass is 302 g/mol. The molecule has 112 valence electrons. The summed E-state index contributed by atoms with van der Waals surface area (Å²) in [5.41, 5.74) is 13.2. The lowest BCUT2D eigenvalue weighted by Crippen LogP contribution is -2.21. The number of hydrogen-bond donors (Lipinski definition) is 2. The Balaban J connectivity index is 2.31. The maximum absolute atomic E-state index is 6.19. The normalized spacial score (nSPS) is 12.3. The van der Waals surface area contributed by atoms with Gasteiger partial charge in [-0.25, -0.2) is 0 Å². The Morgan fingerprint density at radius 2 is 1.62 bits per heavy atom. The first kappa shape index (κ1) is 15.9. The summed E-state index contributed by atoms with van der Waals surface area (Å²) in [4.78, 5) is 0. The van der Waals surface area contributed by atoms with Crippen molar-refractivity contribution in [1.29, 1.82) is 0 Å². The summed E-state index contributed by atoms with van der Waals surface area (Å²) in [6, 6.07) is 10.5. The van der Waals surface area contributed by atoms with E-state index in [1.165, 1.54) is 22.3 Å². The van der Waals surface area contributed by atoms with Gasteiger partial charge in [0.25, 0.3) is 0 Å². The highest BCUT2D eigenvalue weighted by atomic mass is 35.5. The quantitative estimate of drug-likeness (QED) is 0.860. The maximum atomic E-state index is 6.19. The summed E-state index contributed by atoms with van der Waals surface area (Å²) < 4.78 is 0. The van der Waals surface area contributed by atoms with Crippen molar-refractivity contribution in [3.63, 3.8) is 0 Å². The van der Waals surface area contributed by atoms with Crippen LogP contribution in [0.4, 0.5) is 5.69 Å². The molecular formula is C18H23ClN2. The number of hydrogen-bond acceptors (Lipinski definition) is 2. The van der Waals surface area contributed by atoms with Crippen LogP contribution in [0.25, 0.3) is 0 Å². The van der Waals surface area contributed by atoms with Crippen molar-refractivity contribution >= 4 is 17.3 Å². The molecule has 0 amide bonds. The third-order valence-corrected chi connectivity index (χ3v) is 4.41. The first-order chi connectivity index (χ1) is 9.92. The molecule has 0 saturated heterocycles. The molecule has 0 saturated carbocycles.